The van der Waals surface area contributed by atoms with Crippen molar-refractivity contribution in [3.8, 4) is 6.07 Å². The van der Waals surface area contributed by atoms with Gasteiger partial charge in [0, 0.05) is 0 Å². The Balaban J connectivity index is 1.85. The number of imide groups is 1. The number of aliphatic hydroxyl groups excluding tert-OH is 1. The summed E-state index contributed by atoms with van der Waals surface area (Å²) in [6, 6.07) is 1.84. The first-order valence-corrected chi connectivity index (χ1v) is 12.1. The molecule has 4 rings (SSSR count). The highest BCUT2D eigenvalue weighted by Gasteiger charge is 2.56. The van der Waals surface area contributed by atoms with E-state index < -0.39 is 53.7 Å². The van der Waals surface area contributed by atoms with Gasteiger partial charge < -0.3 is 28.8 Å². The van der Waals surface area contributed by atoms with Crippen molar-refractivity contribution in [3.63, 3.8) is 0 Å². The van der Waals surface area contributed by atoms with Crippen molar-refractivity contribution in [2.75, 3.05) is 11.5 Å². The molecule has 0 bridgehead atoms. The SMILES string of the molecule is CC(C)(C)OC(=O)N(C(=O)OC(C)(C)C)c1nc(C#N)nc2c1ncn2[C@@H]1O[C@H](CO)[C@H]2OC(C)(C)O[C@H]21. The molecule has 2 aliphatic heterocycles. The molecule has 206 valence electrons. The number of imidazole rings is 1. The van der Waals surface area contributed by atoms with Crippen LogP contribution in [0.2, 0.25) is 0 Å². The Morgan fingerprint density at radius 2 is 1.68 bits per heavy atom. The number of hydrogen-bond acceptors (Lipinski definition) is 12. The average molecular weight is 533 g/mol. The summed E-state index contributed by atoms with van der Waals surface area (Å²) in [7, 11) is 0. The molecular weight excluding hydrogens is 500 g/mol. The van der Waals surface area contributed by atoms with Gasteiger partial charge in [-0.2, -0.15) is 20.1 Å². The maximum Gasteiger partial charge on any atom is 0.425 e. The molecule has 2 amide bonds. The molecule has 1 N–H and O–H groups in total. The highest BCUT2D eigenvalue weighted by atomic mass is 16.8. The molecular formula is C24H32N6O8. The fraction of sp³-hybridized carbons (Fsp3) is 0.667. The van der Waals surface area contributed by atoms with Crippen molar-refractivity contribution in [2.24, 2.45) is 0 Å². The van der Waals surface area contributed by atoms with Crippen LogP contribution >= 0.6 is 0 Å². The van der Waals surface area contributed by atoms with Crippen molar-refractivity contribution < 1.29 is 38.4 Å². The Kier molecular flexibility index (Phi) is 6.86. The van der Waals surface area contributed by atoms with Crippen molar-refractivity contribution in [3.05, 3.63) is 12.2 Å². The zero-order valence-corrected chi connectivity index (χ0v) is 22.6. The second-order valence-corrected chi connectivity index (χ2v) is 11.4. The molecule has 0 spiro atoms. The molecule has 2 saturated heterocycles. The van der Waals surface area contributed by atoms with Gasteiger partial charge in [-0.05, 0) is 55.4 Å². The molecule has 0 aliphatic carbocycles. The van der Waals surface area contributed by atoms with Crippen LogP contribution < -0.4 is 4.90 Å². The number of aromatic nitrogens is 4. The number of carbonyl (C=O) groups excluding carboxylic acids is 2. The van der Waals surface area contributed by atoms with E-state index in [0.717, 1.165) is 0 Å². The van der Waals surface area contributed by atoms with E-state index in [1.54, 1.807) is 55.4 Å². The van der Waals surface area contributed by atoms with E-state index in [4.69, 9.17) is 23.7 Å². The molecule has 0 saturated carbocycles. The monoisotopic (exact) mass is 532 g/mol. The number of nitrogens with zero attached hydrogens (tertiary/aromatic N) is 6. The summed E-state index contributed by atoms with van der Waals surface area (Å²) in [5.41, 5.74) is -1.83. The second-order valence-electron chi connectivity index (χ2n) is 11.4. The minimum absolute atomic E-state index is 0.00601. The number of rotatable bonds is 3. The van der Waals surface area contributed by atoms with Gasteiger partial charge in [-0.1, -0.05) is 0 Å². The minimum atomic E-state index is -1.07. The molecule has 0 aromatic carbocycles. The van der Waals surface area contributed by atoms with Gasteiger partial charge in [0.1, 0.15) is 35.6 Å². The summed E-state index contributed by atoms with van der Waals surface area (Å²) in [6.45, 7) is 13.0. The Morgan fingerprint density at radius 3 is 2.21 bits per heavy atom. The predicted octanol–water partition coefficient (Wildman–Crippen LogP) is 2.78. The molecule has 2 aliphatic rings. The number of hydrogen-bond donors (Lipinski definition) is 1. The third-order valence-electron chi connectivity index (χ3n) is 5.45. The van der Waals surface area contributed by atoms with Gasteiger partial charge in [0.15, 0.2) is 29.0 Å². The molecule has 2 fully saturated rings. The van der Waals surface area contributed by atoms with Crippen LogP contribution in [-0.4, -0.2) is 78.7 Å². The van der Waals surface area contributed by atoms with Crippen molar-refractivity contribution in [2.45, 2.75) is 96.9 Å². The Morgan fingerprint density at radius 1 is 1.11 bits per heavy atom. The van der Waals surface area contributed by atoms with E-state index in [9.17, 15) is 20.0 Å². The fourth-order valence-corrected chi connectivity index (χ4v) is 4.19. The van der Waals surface area contributed by atoms with Gasteiger partial charge in [-0.15, -0.1) is 0 Å². The van der Waals surface area contributed by atoms with Crippen LogP contribution in [0.3, 0.4) is 0 Å². The van der Waals surface area contributed by atoms with E-state index in [2.05, 4.69) is 15.0 Å². The first kappa shape index (κ1) is 27.6. The lowest BCUT2D eigenvalue weighted by molar-refractivity contribution is -0.199. The fourth-order valence-electron chi connectivity index (χ4n) is 4.19. The molecule has 2 aromatic heterocycles. The zero-order chi connectivity index (χ0) is 28.2. The van der Waals surface area contributed by atoms with Crippen LogP contribution in [0, 0.1) is 11.3 Å². The summed E-state index contributed by atoms with van der Waals surface area (Å²) in [6.07, 6.45) is -3.54. The molecule has 38 heavy (non-hydrogen) atoms. The lowest BCUT2D eigenvalue weighted by atomic mass is 10.1. The number of ether oxygens (including phenoxy) is 5. The van der Waals surface area contributed by atoms with Crippen molar-refractivity contribution in [1.29, 1.82) is 5.26 Å². The van der Waals surface area contributed by atoms with Gasteiger partial charge in [0.05, 0.1) is 12.9 Å². The second kappa shape index (κ2) is 9.42. The quantitative estimate of drug-likeness (QED) is 0.614. The van der Waals surface area contributed by atoms with Gasteiger partial charge in [-0.25, -0.2) is 14.6 Å². The molecule has 2 aromatic rings. The zero-order valence-electron chi connectivity index (χ0n) is 22.6. The number of nitriles is 1. The minimum Gasteiger partial charge on any atom is -0.443 e. The van der Waals surface area contributed by atoms with E-state index in [-0.39, 0.29) is 29.4 Å². The summed E-state index contributed by atoms with van der Waals surface area (Å²) >= 11 is 0. The number of aliphatic hydroxyl groups is 1. The predicted molar refractivity (Wildman–Crippen MR) is 130 cm³/mol. The van der Waals surface area contributed by atoms with Crippen molar-refractivity contribution in [1.82, 2.24) is 19.5 Å². The van der Waals surface area contributed by atoms with Crippen LogP contribution in [-0.2, 0) is 23.7 Å². The first-order valence-electron chi connectivity index (χ1n) is 12.1. The third-order valence-corrected chi connectivity index (χ3v) is 5.45. The lowest BCUT2D eigenvalue weighted by Gasteiger charge is -2.28. The van der Waals surface area contributed by atoms with E-state index in [0.29, 0.717) is 4.90 Å². The highest BCUT2D eigenvalue weighted by Crippen LogP contribution is 2.44. The largest absolute Gasteiger partial charge is 0.443 e. The number of fused-ring (bicyclic) bond motifs is 2. The Labute approximate surface area is 219 Å². The topological polar surface area (TPSA) is 171 Å². The van der Waals surface area contributed by atoms with E-state index in [1.807, 2.05) is 6.07 Å². The van der Waals surface area contributed by atoms with Crippen LogP contribution in [0.25, 0.3) is 11.2 Å². The smallest absolute Gasteiger partial charge is 0.425 e. The summed E-state index contributed by atoms with van der Waals surface area (Å²) in [5.74, 6) is -1.57. The summed E-state index contributed by atoms with van der Waals surface area (Å²) in [4.78, 5) is 39.8. The number of carbonyl (C=O) groups is 2. The highest BCUT2D eigenvalue weighted by molar-refractivity contribution is 6.12. The van der Waals surface area contributed by atoms with E-state index in [1.165, 1.54) is 10.9 Å². The van der Waals surface area contributed by atoms with Gasteiger partial charge in [0.25, 0.3) is 0 Å². The van der Waals surface area contributed by atoms with Gasteiger partial charge in [-0.3, -0.25) is 4.57 Å². The molecule has 0 radical (unpaired) electrons. The number of anilines is 1. The van der Waals surface area contributed by atoms with Crippen LogP contribution in [0.5, 0.6) is 0 Å². The normalized spacial score (nSPS) is 24.6. The van der Waals surface area contributed by atoms with Crippen molar-refractivity contribution >= 4 is 29.2 Å². The molecule has 0 unspecified atom stereocenters. The van der Waals surface area contributed by atoms with Crippen LogP contribution in [0.15, 0.2) is 6.33 Å². The first-order chi connectivity index (χ1) is 17.5. The average Bonchev–Trinajstić information content (AvgIpc) is 3.41. The molecule has 14 heteroatoms. The van der Waals surface area contributed by atoms with Gasteiger partial charge in [0.2, 0.25) is 5.82 Å². The van der Waals surface area contributed by atoms with Crippen LogP contribution in [0.1, 0.15) is 67.4 Å². The molecule has 14 nitrogen and oxygen atoms in total. The Bertz CT molecular complexity index is 1260. The summed E-state index contributed by atoms with van der Waals surface area (Å²) in [5, 5.41) is 19.5. The van der Waals surface area contributed by atoms with Gasteiger partial charge >= 0.3 is 12.2 Å². The molecule has 4 atom stereocenters. The lowest BCUT2D eigenvalue weighted by Crippen LogP contribution is -2.44. The maximum absolute atomic E-state index is 13.2. The number of amides is 2. The standard InChI is InChI=1S/C24H32N6O8/c1-22(2,3)37-20(32)30(21(33)38-23(4,5)6)18-14-17(27-13(9-25)28-18)29(11-26-14)19-16-15(12(10-31)34-19)35-24(7,8)36-16/h11-12,15-16,19,31H,10H2,1-8H3/t12-,15-,16-,19-/m1/s1. The summed E-state index contributed by atoms with van der Waals surface area (Å²) < 4.78 is 30.3. The Hall–Kier alpha value is -3.38. The maximum atomic E-state index is 13.2. The molecule has 4 heterocycles. The van der Waals surface area contributed by atoms with Crippen LogP contribution in [0.4, 0.5) is 15.4 Å². The third kappa shape index (κ3) is 5.41. The van der Waals surface area contributed by atoms with E-state index >= 15 is 0 Å².